The van der Waals surface area contributed by atoms with Crippen LogP contribution in [-0.4, -0.2) is 53.8 Å². The number of aliphatic hydroxyl groups is 1. The van der Waals surface area contributed by atoms with Crippen LogP contribution in [0.15, 0.2) is 78.4 Å². The van der Waals surface area contributed by atoms with E-state index >= 15 is 0 Å². The normalized spacial score (nSPS) is 17.0. The van der Waals surface area contributed by atoms with E-state index in [0.29, 0.717) is 31.0 Å². The molecule has 192 valence electrons. The lowest BCUT2D eigenvalue weighted by molar-refractivity contribution is -0.140. The molecule has 3 aromatic carbocycles. The Balaban J connectivity index is 1.70. The van der Waals surface area contributed by atoms with E-state index in [1.54, 1.807) is 17.0 Å². The Morgan fingerprint density at radius 2 is 1.68 bits per heavy atom. The zero-order chi connectivity index (χ0) is 26.5. The summed E-state index contributed by atoms with van der Waals surface area (Å²) in [4.78, 5) is 29.9. The molecule has 0 spiro atoms. The monoisotopic (exact) mass is 498 g/mol. The highest BCUT2D eigenvalue weighted by Gasteiger charge is 2.46. The highest BCUT2D eigenvalue weighted by atomic mass is 16.5. The average molecular weight is 499 g/mol. The first-order valence-electron chi connectivity index (χ1n) is 12.6. The van der Waals surface area contributed by atoms with Crippen LogP contribution in [0, 0.1) is 6.92 Å². The summed E-state index contributed by atoms with van der Waals surface area (Å²) >= 11 is 0. The number of hydrogen-bond donors (Lipinski definition) is 1. The van der Waals surface area contributed by atoms with Gasteiger partial charge in [-0.1, -0.05) is 61.5 Å². The predicted octanol–water partition coefficient (Wildman–Crippen LogP) is 5.12. The summed E-state index contributed by atoms with van der Waals surface area (Å²) in [6.07, 6.45) is 0.888. The highest BCUT2D eigenvalue weighted by Crippen LogP contribution is 2.40. The van der Waals surface area contributed by atoms with Gasteiger partial charge in [0.2, 0.25) is 0 Å². The molecule has 3 aromatic rings. The van der Waals surface area contributed by atoms with Crippen molar-refractivity contribution in [3.05, 3.63) is 106 Å². The van der Waals surface area contributed by atoms with E-state index in [1.165, 1.54) is 0 Å². The molecular weight excluding hydrogens is 464 g/mol. The van der Waals surface area contributed by atoms with E-state index in [4.69, 9.17) is 4.74 Å². The number of carbonyl (C=O) groups excluding carboxylic acids is 2. The zero-order valence-electron chi connectivity index (χ0n) is 21.9. The summed E-state index contributed by atoms with van der Waals surface area (Å²) in [6, 6.07) is 22.5. The van der Waals surface area contributed by atoms with Gasteiger partial charge in [-0.05, 0) is 67.9 Å². The van der Waals surface area contributed by atoms with Crippen LogP contribution in [-0.2, 0) is 22.6 Å². The summed E-state index contributed by atoms with van der Waals surface area (Å²) < 4.78 is 5.92. The maximum Gasteiger partial charge on any atom is 0.295 e. The number of aliphatic hydroxyl groups excluding tert-OH is 1. The van der Waals surface area contributed by atoms with Crippen molar-refractivity contribution >= 4 is 17.4 Å². The minimum Gasteiger partial charge on any atom is -0.507 e. The lowest BCUT2D eigenvalue weighted by atomic mass is 9.93. The number of benzene rings is 3. The third-order valence-electron chi connectivity index (χ3n) is 6.73. The SMILES string of the molecule is CCc1ccc([C@H]2/C(=C(\O)c3ccc(OCc4ccccc4)cc3C)C(=O)C(=O)N2CCN(C)C)cc1. The summed E-state index contributed by atoms with van der Waals surface area (Å²) in [5, 5.41) is 11.4. The maximum absolute atomic E-state index is 13.3. The smallest absolute Gasteiger partial charge is 0.295 e. The Labute approximate surface area is 218 Å². The second kappa shape index (κ2) is 11.4. The van der Waals surface area contributed by atoms with Crippen molar-refractivity contribution in [2.24, 2.45) is 0 Å². The Bertz CT molecular complexity index is 1300. The third kappa shape index (κ3) is 5.75. The van der Waals surface area contributed by atoms with E-state index in [2.05, 4.69) is 6.92 Å². The molecule has 6 nitrogen and oxygen atoms in total. The number of Topliss-reactive ketones (excluding diaryl/α,β-unsaturated/α-hetero) is 1. The van der Waals surface area contributed by atoms with Crippen LogP contribution in [0.25, 0.3) is 5.76 Å². The molecule has 1 saturated heterocycles. The Hall–Kier alpha value is -3.90. The first-order chi connectivity index (χ1) is 17.8. The number of aryl methyl sites for hydroxylation is 2. The molecule has 1 heterocycles. The van der Waals surface area contributed by atoms with Gasteiger partial charge in [-0.15, -0.1) is 0 Å². The Kier molecular flexibility index (Phi) is 8.09. The zero-order valence-corrected chi connectivity index (χ0v) is 21.9. The minimum atomic E-state index is -0.662. The number of likely N-dealkylation sites (N-methyl/N-ethyl adjacent to an activating group) is 1. The molecule has 0 unspecified atom stereocenters. The fraction of sp³-hybridized carbons (Fsp3) is 0.290. The minimum absolute atomic E-state index is 0.119. The van der Waals surface area contributed by atoms with Crippen molar-refractivity contribution < 1.29 is 19.4 Å². The molecule has 0 aromatic heterocycles. The molecule has 4 rings (SSSR count). The molecule has 37 heavy (non-hydrogen) atoms. The van der Waals surface area contributed by atoms with E-state index in [9.17, 15) is 14.7 Å². The van der Waals surface area contributed by atoms with E-state index in [0.717, 1.165) is 28.7 Å². The molecule has 1 fully saturated rings. The van der Waals surface area contributed by atoms with Crippen molar-refractivity contribution in [1.29, 1.82) is 0 Å². The fourth-order valence-electron chi connectivity index (χ4n) is 4.58. The van der Waals surface area contributed by atoms with E-state index < -0.39 is 17.7 Å². The average Bonchev–Trinajstić information content (AvgIpc) is 3.16. The molecular formula is C31H34N2O4. The number of amides is 1. The van der Waals surface area contributed by atoms with Crippen LogP contribution >= 0.6 is 0 Å². The Morgan fingerprint density at radius 1 is 0.973 bits per heavy atom. The van der Waals surface area contributed by atoms with Gasteiger partial charge in [0.15, 0.2) is 0 Å². The topological polar surface area (TPSA) is 70.1 Å². The number of carbonyl (C=O) groups is 2. The highest BCUT2D eigenvalue weighted by molar-refractivity contribution is 6.46. The number of likely N-dealkylation sites (tertiary alicyclic amines) is 1. The number of ketones is 1. The van der Waals surface area contributed by atoms with Gasteiger partial charge in [0, 0.05) is 18.7 Å². The quantitative estimate of drug-likeness (QED) is 0.252. The number of nitrogens with zero attached hydrogens (tertiary/aromatic N) is 2. The van der Waals surface area contributed by atoms with Crippen molar-refractivity contribution in [2.45, 2.75) is 32.9 Å². The van der Waals surface area contributed by atoms with Gasteiger partial charge in [-0.25, -0.2) is 0 Å². The van der Waals surface area contributed by atoms with Gasteiger partial charge < -0.3 is 19.6 Å². The van der Waals surface area contributed by atoms with Crippen LogP contribution in [0.2, 0.25) is 0 Å². The molecule has 1 atom stereocenters. The van der Waals surface area contributed by atoms with Gasteiger partial charge in [0.1, 0.15) is 18.1 Å². The van der Waals surface area contributed by atoms with Crippen molar-refractivity contribution in [2.75, 3.05) is 27.2 Å². The standard InChI is InChI=1S/C31H34N2O4/c1-5-22-11-13-24(14-12-22)28-27(30(35)31(36)33(28)18-17-32(3)4)29(34)26-16-15-25(19-21(26)2)37-20-23-9-7-6-8-10-23/h6-16,19,28,34H,5,17-18,20H2,1-4H3/b29-27+/t28-/m0/s1. The third-order valence-corrected chi connectivity index (χ3v) is 6.73. The van der Waals surface area contributed by atoms with Crippen LogP contribution in [0.1, 0.15) is 40.8 Å². The predicted molar refractivity (Wildman–Crippen MR) is 145 cm³/mol. The van der Waals surface area contributed by atoms with Crippen LogP contribution in [0.4, 0.5) is 0 Å². The van der Waals surface area contributed by atoms with E-state index in [1.807, 2.05) is 86.6 Å². The fourth-order valence-corrected chi connectivity index (χ4v) is 4.58. The molecule has 1 N–H and O–H groups in total. The van der Waals surface area contributed by atoms with Gasteiger partial charge in [-0.3, -0.25) is 9.59 Å². The molecule has 0 bridgehead atoms. The second-order valence-corrected chi connectivity index (χ2v) is 9.64. The molecule has 1 aliphatic rings. The van der Waals surface area contributed by atoms with Crippen molar-refractivity contribution in [3.8, 4) is 5.75 Å². The first kappa shape index (κ1) is 26.2. The number of rotatable bonds is 9. The molecule has 0 saturated carbocycles. The lowest BCUT2D eigenvalue weighted by Crippen LogP contribution is -2.35. The van der Waals surface area contributed by atoms with Crippen molar-refractivity contribution in [1.82, 2.24) is 9.80 Å². The summed E-state index contributed by atoms with van der Waals surface area (Å²) in [5.41, 5.74) is 4.40. The molecule has 0 aliphatic carbocycles. The summed E-state index contributed by atoms with van der Waals surface area (Å²) in [7, 11) is 3.85. The van der Waals surface area contributed by atoms with Crippen LogP contribution in [0.3, 0.4) is 0 Å². The van der Waals surface area contributed by atoms with Crippen LogP contribution < -0.4 is 4.74 Å². The lowest BCUT2D eigenvalue weighted by Gasteiger charge is -2.27. The van der Waals surface area contributed by atoms with Crippen molar-refractivity contribution in [3.63, 3.8) is 0 Å². The molecule has 0 radical (unpaired) electrons. The molecule has 1 amide bonds. The summed E-state index contributed by atoms with van der Waals surface area (Å²) in [6.45, 7) is 5.34. The van der Waals surface area contributed by atoms with Crippen LogP contribution in [0.5, 0.6) is 5.75 Å². The second-order valence-electron chi connectivity index (χ2n) is 9.64. The first-order valence-corrected chi connectivity index (χ1v) is 12.6. The molecule has 1 aliphatic heterocycles. The molecule has 6 heteroatoms. The Morgan fingerprint density at radius 3 is 2.30 bits per heavy atom. The van der Waals surface area contributed by atoms with E-state index in [-0.39, 0.29) is 11.3 Å². The number of ether oxygens (including phenoxy) is 1. The van der Waals surface area contributed by atoms with Gasteiger partial charge >= 0.3 is 0 Å². The van der Waals surface area contributed by atoms with Gasteiger partial charge in [-0.2, -0.15) is 0 Å². The summed E-state index contributed by atoms with van der Waals surface area (Å²) in [5.74, 6) is -0.753. The van der Waals surface area contributed by atoms with Gasteiger partial charge in [0.05, 0.1) is 11.6 Å². The number of hydrogen-bond acceptors (Lipinski definition) is 5. The van der Waals surface area contributed by atoms with Gasteiger partial charge in [0.25, 0.3) is 11.7 Å². The maximum atomic E-state index is 13.3. The largest absolute Gasteiger partial charge is 0.507 e.